The van der Waals surface area contributed by atoms with Gasteiger partial charge in [-0.3, -0.25) is 0 Å². The highest BCUT2D eigenvalue weighted by Gasteiger charge is 2.05. The van der Waals surface area contributed by atoms with E-state index in [9.17, 15) is 0 Å². The molecular formula is C12H19NO3. The molecule has 1 atom stereocenters. The van der Waals surface area contributed by atoms with Crippen LogP contribution >= 0.6 is 0 Å². The third kappa shape index (κ3) is 4.08. The van der Waals surface area contributed by atoms with E-state index < -0.39 is 0 Å². The molecule has 0 aliphatic rings. The Bertz CT molecular complexity index is 304. The maximum Gasteiger partial charge on any atom is 0.161 e. The number of nitrogens with two attached hydrogens (primary N) is 1. The molecule has 0 radical (unpaired) electrons. The Morgan fingerprint density at radius 1 is 1.25 bits per heavy atom. The van der Waals surface area contributed by atoms with Gasteiger partial charge in [-0.2, -0.15) is 0 Å². The van der Waals surface area contributed by atoms with Crippen LogP contribution in [0, 0.1) is 0 Å². The Balaban J connectivity index is 2.46. The van der Waals surface area contributed by atoms with Crippen molar-refractivity contribution < 1.29 is 14.6 Å². The Morgan fingerprint density at radius 3 is 2.44 bits per heavy atom. The van der Waals surface area contributed by atoms with E-state index in [1.807, 2.05) is 31.2 Å². The normalized spacial score (nSPS) is 12.2. The van der Waals surface area contributed by atoms with Gasteiger partial charge in [-0.1, -0.05) is 12.1 Å². The molecule has 0 aromatic heterocycles. The van der Waals surface area contributed by atoms with Gasteiger partial charge in [0.15, 0.2) is 11.5 Å². The van der Waals surface area contributed by atoms with E-state index in [4.69, 9.17) is 20.3 Å². The fourth-order valence-electron chi connectivity index (χ4n) is 1.26. The fraction of sp³-hybridized carbons (Fsp3) is 0.500. The number of aliphatic hydroxyl groups excluding tert-OH is 1. The number of aliphatic hydroxyl groups is 1. The van der Waals surface area contributed by atoms with Crippen molar-refractivity contribution in [2.75, 3.05) is 19.8 Å². The van der Waals surface area contributed by atoms with Crippen molar-refractivity contribution in [1.29, 1.82) is 0 Å². The average molecular weight is 225 g/mol. The van der Waals surface area contributed by atoms with Crippen LogP contribution in [0.2, 0.25) is 0 Å². The van der Waals surface area contributed by atoms with Crippen LogP contribution in [-0.4, -0.2) is 31.0 Å². The van der Waals surface area contributed by atoms with Gasteiger partial charge in [0.25, 0.3) is 0 Å². The molecule has 0 spiro atoms. The lowest BCUT2D eigenvalue weighted by Crippen LogP contribution is -2.26. The summed E-state index contributed by atoms with van der Waals surface area (Å²) in [5, 5.41) is 8.77. The first kappa shape index (κ1) is 12.8. The number of para-hydroxylation sites is 2. The van der Waals surface area contributed by atoms with Gasteiger partial charge in [0.2, 0.25) is 0 Å². The van der Waals surface area contributed by atoms with Crippen LogP contribution in [0.5, 0.6) is 11.5 Å². The highest BCUT2D eigenvalue weighted by atomic mass is 16.5. The standard InChI is InChI=1S/C12H19NO3/c1-2-15-11-5-3-4-6-12(11)16-8-7-10(13)9-14/h3-6,10,14H,2,7-9,13H2,1H3. The van der Waals surface area contributed by atoms with E-state index in [2.05, 4.69) is 0 Å². The molecule has 0 aliphatic carbocycles. The smallest absolute Gasteiger partial charge is 0.161 e. The van der Waals surface area contributed by atoms with Crippen molar-refractivity contribution in [3.8, 4) is 11.5 Å². The van der Waals surface area contributed by atoms with Crippen molar-refractivity contribution in [3.63, 3.8) is 0 Å². The van der Waals surface area contributed by atoms with E-state index in [-0.39, 0.29) is 12.6 Å². The van der Waals surface area contributed by atoms with Crippen LogP contribution in [0.3, 0.4) is 0 Å². The first-order valence-electron chi connectivity index (χ1n) is 5.49. The first-order chi connectivity index (χ1) is 7.77. The highest BCUT2D eigenvalue weighted by Crippen LogP contribution is 2.26. The fourth-order valence-corrected chi connectivity index (χ4v) is 1.26. The van der Waals surface area contributed by atoms with E-state index in [0.29, 0.717) is 19.6 Å². The molecule has 0 saturated carbocycles. The van der Waals surface area contributed by atoms with Gasteiger partial charge in [0.1, 0.15) is 0 Å². The maximum absolute atomic E-state index is 8.77. The van der Waals surface area contributed by atoms with Gasteiger partial charge in [-0.15, -0.1) is 0 Å². The van der Waals surface area contributed by atoms with E-state index in [1.165, 1.54) is 0 Å². The molecule has 0 fully saturated rings. The van der Waals surface area contributed by atoms with Crippen LogP contribution < -0.4 is 15.2 Å². The summed E-state index contributed by atoms with van der Waals surface area (Å²) >= 11 is 0. The van der Waals surface area contributed by atoms with Crippen molar-refractivity contribution in [2.24, 2.45) is 5.73 Å². The van der Waals surface area contributed by atoms with E-state index >= 15 is 0 Å². The summed E-state index contributed by atoms with van der Waals surface area (Å²) in [5.74, 6) is 1.46. The van der Waals surface area contributed by atoms with Crippen LogP contribution in [0.1, 0.15) is 13.3 Å². The number of hydrogen-bond donors (Lipinski definition) is 2. The SMILES string of the molecule is CCOc1ccccc1OCCC(N)CO. The largest absolute Gasteiger partial charge is 0.490 e. The number of rotatable bonds is 7. The molecule has 90 valence electrons. The summed E-state index contributed by atoms with van der Waals surface area (Å²) in [6.45, 7) is 3.00. The second kappa shape index (κ2) is 7.09. The predicted octanol–water partition coefficient (Wildman–Crippen LogP) is 1.17. The molecular weight excluding hydrogens is 206 g/mol. The van der Waals surface area contributed by atoms with Gasteiger partial charge in [-0.25, -0.2) is 0 Å². The molecule has 1 rings (SSSR count). The molecule has 0 aliphatic heterocycles. The zero-order chi connectivity index (χ0) is 11.8. The van der Waals surface area contributed by atoms with E-state index in [0.717, 1.165) is 11.5 Å². The minimum atomic E-state index is -0.223. The topological polar surface area (TPSA) is 64.7 Å². The second-order valence-electron chi connectivity index (χ2n) is 3.46. The molecule has 0 heterocycles. The maximum atomic E-state index is 8.77. The zero-order valence-electron chi connectivity index (χ0n) is 9.56. The molecule has 0 amide bonds. The van der Waals surface area contributed by atoms with E-state index in [1.54, 1.807) is 0 Å². The average Bonchev–Trinajstić information content (AvgIpc) is 2.31. The third-order valence-electron chi connectivity index (χ3n) is 2.13. The minimum Gasteiger partial charge on any atom is -0.490 e. The van der Waals surface area contributed by atoms with Crippen LogP contribution in [-0.2, 0) is 0 Å². The monoisotopic (exact) mass is 225 g/mol. The molecule has 1 aromatic rings. The summed E-state index contributed by atoms with van der Waals surface area (Å²) < 4.78 is 11.0. The van der Waals surface area contributed by atoms with Gasteiger partial charge in [0.05, 0.1) is 19.8 Å². The predicted molar refractivity (Wildman–Crippen MR) is 62.8 cm³/mol. The minimum absolute atomic E-state index is 0.0174. The van der Waals surface area contributed by atoms with Crippen LogP contribution in [0.25, 0.3) is 0 Å². The Morgan fingerprint density at radius 2 is 1.88 bits per heavy atom. The van der Waals surface area contributed by atoms with Gasteiger partial charge in [0, 0.05) is 6.04 Å². The number of benzene rings is 1. The number of hydrogen-bond acceptors (Lipinski definition) is 4. The Kier molecular flexibility index (Phi) is 5.67. The van der Waals surface area contributed by atoms with Crippen molar-refractivity contribution in [3.05, 3.63) is 24.3 Å². The summed E-state index contributed by atoms with van der Waals surface area (Å²) in [5.41, 5.74) is 5.57. The molecule has 3 N–H and O–H groups in total. The summed E-state index contributed by atoms with van der Waals surface area (Å²) in [6, 6.07) is 7.29. The van der Waals surface area contributed by atoms with Gasteiger partial charge < -0.3 is 20.3 Å². The molecule has 0 bridgehead atoms. The first-order valence-corrected chi connectivity index (χ1v) is 5.49. The van der Waals surface area contributed by atoms with Crippen LogP contribution in [0.4, 0.5) is 0 Å². The summed E-state index contributed by atoms with van der Waals surface area (Å²) in [7, 11) is 0. The number of ether oxygens (including phenoxy) is 2. The lowest BCUT2D eigenvalue weighted by molar-refractivity contribution is 0.224. The van der Waals surface area contributed by atoms with Crippen molar-refractivity contribution in [2.45, 2.75) is 19.4 Å². The third-order valence-corrected chi connectivity index (χ3v) is 2.13. The van der Waals surface area contributed by atoms with Crippen LogP contribution in [0.15, 0.2) is 24.3 Å². The molecule has 0 saturated heterocycles. The lowest BCUT2D eigenvalue weighted by atomic mass is 10.2. The quantitative estimate of drug-likeness (QED) is 0.731. The van der Waals surface area contributed by atoms with Gasteiger partial charge in [-0.05, 0) is 25.5 Å². The molecule has 16 heavy (non-hydrogen) atoms. The molecule has 4 nitrogen and oxygen atoms in total. The summed E-state index contributed by atoms with van der Waals surface area (Å²) in [6.07, 6.45) is 0.622. The second-order valence-corrected chi connectivity index (χ2v) is 3.46. The lowest BCUT2D eigenvalue weighted by Gasteiger charge is -2.13. The Hall–Kier alpha value is -1.26. The molecule has 1 aromatic carbocycles. The summed E-state index contributed by atoms with van der Waals surface area (Å²) in [4.78, 5) is 0. The van der Waals surface area contributed by atoms with Crippen molar-refractivity contribution >= 4 is 0 Å². The van der Waals surface area contributed by atoms with Crippen molar-refractivity contribution in [1.82, 2.24) is 0 Å². The highest BCUT2D eigenvalue weighted by molar-refractivity contribution is 5.39. The van der Waals surface area contributed by atoms with Gasteiger partial charge >= 0.3 is 0 Å². The molecule has 1 unspecified atom stereocenters. The Labute approximate surface area is 96.0 Å². The molecule has 4 heteroatoms. The zero-order valence-corrected chi connectivity index (χ0v) is 9.56.